The van der Waals surface area contributed by atoms with E-state index >= 15 is 0 Å². The molecule has 1 aliphatic rings. The van der Waals surface area contributed by atoms with Gasteiger partial charge in [0.2, 0.25) is 10.0 Å². The Labute approximate surface area is 287 Å². The van der Waals surface area contributed by atoms with Gasteiger partial charge < -0.3 is 10.1 Å². The topological polar surface area (TPSA) is 132 Å². The number of nitrogens with one attached hydrogen (secondary N) is 1. The molecule has 0 saturated carbocycles. The quantitative estimate of drug-likeness (QED) is 0.210. The maximum Gasteiger partial charge on any atom is 0.254 e. The lowest BCUT2D eigenvalue weighted by atomic mass is 9.69. The summed E-state index contributed by atoms with van der Waals surface area (Å²) in [7, 11) is -2.27. The average Bonchev–Trinajstić information content (AvgIpc) is 3.49. The zero-order valence-electron chi connectivity index (χ0n) is 29.1. The Bertz CT molecular complexity index is 2130. The minimum absolute atomic E-state index is 0.181. The highest BCUT2D eigenvalue weighted by molar-refractivity contribution is 7.89. The summed E-state index contributed by atoms with van der Waals surface area (Å²) < 4.78 is 37.7. The molecule has 256 valence electrons. The first-order valence-electron chi connectivity index (χ1n) is 16.6. The van der Waals surface area contributed by atoms with Crippen molar-refractivity contribution in [2.45, 2.75) is 83.4 Å². The van der Waals surface area contributed by atoms with Gasteiger partial charge in [0.05, 0.1) is 17.6 Å². The van der Waals surface area contributed by atoms with E-state index in [0.29, 0.717) is 30.1 Å². The lowest BCUT2D eigenvalue weighted by Crippen LogP contribution is -2.36. The summed E-state index contributed by atoms with van der Waals surface area (Å²) in [5, 5.41) is 11.5. The first-order valence-corrected chi connectivity index (χ1v) is 18.1. The summed E-state index contributed by atoms with van der Waals surface area (Å²) >= 11 is 0. The Hall–Kier alpha value is -4.68. The number of sulfonamides is 1. The minimum atomic E-state index is -3.84. The van der Waals surface area contributed by atoms with Crippen LogP contribution in [0.25, 0.3) is 11.0 Å². The summed E-state index contributed by atoms with van der Waals surface area (Å²) in [4.78, 5) is 21.9. The monoisotopic (exact) mass is 681 g/mol. The zero-order valence-corrected chi connectivity index (χ0v) is 29.9. The van der Waals surface area contributed by atoms with Crippen LogP contribution in [0.15, 0.2) is 71.9 Å². The predicted molar refractivity (Wildman–Crippen MR) is 188 cm³/mol. The van der Waals surface area contributed by atoms with Crippen molar-refractivity contribution in [2.24, 2.45) is 0 Å². The van der Waals surface area contributed by atoms with E-state index in [2.05, 4.69) is 66.7 Å². The highest BCUT2D eigenvalue weighted by Gasteiger charge is 2.39. The van der Waals surface area contributed by atoms with Gasteiger partial charge in [0.15, 0.2) is 0 Å². The molecule has 2 atom stereocenters. The van der Waals surface area contributed by atoms with E-state index < -0.39 is 15.4 Å². The standard InChI is InChI=1S/C37H43N7O4S/c1-8-28-22-43(49(46,47)32-13-11-10-12-31(32)48-28)21-26-18-25(15-14-23(26)3)33(29-16-17-30-34(24(29)4)41-42-44(30)9-2)37(5,6)36-39-19-27(20-40-36)35(45)38-7/h10-20,28,33H,8-9,21-22H2,1-7H3,(H,38,45)/t28-,33+/m1/s1. The first-order chi connectivity index (χ1) is 23.4. The van der Waals surface area contributed by atoms with Gasteiger partial charge in [-0.25, -0.2) is 23.1 Å². The maximum atomic E-state index is 14.1. The van der Waals surface area contributed by atoms with Crippen LogP contribution in [0.2, 0.25) is 0 Å². The second-order valence-corrected chi connectivity index (χ2v) is 15.1. The van der Waals surface area contributed by atoms with Crippen LogP contribution in [0.3, 0.4) is 0 Å². The molecule has 0 saturated heterocycles. The lowest BCUT2D eigenvalue weighted by molar-refractivity contribution is 0.0962. The molecule has 1 aliphatic heterocycles. The zero-order chi connectivity index (χ0) is 35.1. The smallest absolute Gasteiger partial charge is 0.254 e. The molecular formula is C37H43N7O4S. The Kier molecular flexibility index (Phi) is 9.29. The number of carbonyl (C=O) groups is 1. The number of nitrogens with zero attached hydrogens (tertiary/aromatic N) is 6. The summed E-state index contributed by atoms with van der Waals surface area (Å²) in [5.74, 6) is 0.421. The van der Waals surface area contributed by atoms with E-state index in [9.17, 15) is 13.2 Å². The second kappa shape index (κ2) is 13.3. The molecule has 0 bridgehead atoms. The number of aromatic nitrogens is 5. The summed E-state index contributed by atoms with van der Waals surface area (Å²) in [5.41, 5.74) is 6.35. The fourth-order valence-corrected chi connectivity index (χ4v) is 8.37. The van der Waals surface area contributed by atoms with Crippen LogP contribution >= 0.6 is 0 Å². The van der Waals surface area contributed by atoms with Gasteiger partial charge >= 0.3 is 0 Å². The number of rotatable bonds is 9. The van der Waals surface area contributed by atoms with Crippen LogP contribution < -0.4 is 10.1 Å². The number of carbonyl (C=O) groups excluding carboxylic acids is 1. The van der Waals surface area contributed by atoms with Gasteiger partial charge in [0.25, 0.3) is 5.91 Å². The summed E-state index contributed by atoms with van der Waals surface area (Å²) in [6.45, 7) is 13.4. The van der Waals surface area contributed by atoms with Gasteiger partial charge in [-0.1, -0.05) is 62.4 Å². The number of hydrogen-bond donors (Lipinski definition) is 1. The molecule has 6 rings (SSSR count). The summed E-state index contributed by atoms with van der Waals surface area (Å²) in [6.07, 6.45) is 3.49. The van der Waals surface area contributed by atoms with Crippen molar-refractivity contribution < 1.29 is 17.9 Å². The molecule has 1 amide bonds. The van der Waals surface area contributed by atoms with Crippen molar-refractivity contribution in [1.82, 2.24) is 34.6 Å². The Morgan fingerprint density at radius 3 is 2.49 bits per heavy atom. The molecule has 0 aliphatic carbocycles. The van der Waals surface area contributed by atoms with Crippen LogP contribution in [0.1, 0.15) is 84.0 Å². The molecule has 0 radical (unpaired) electrons. The van der Waals surface area contributed by atoms with E-state index in [1.54, 1.807) is 48.0 Å². The minimum Gasteiger partial charge on any atom is -0.488 e. The van der Waals surface area contributed by atoms with Crippen LogP contribution in [0.5, 0.6) is 5.75 Å². The van der Waals surface area contributed by atoms with Gasteiger partial charge in [-0.2, -0.15) is 4.31 Å². The molecule has 0 spiro atoms. The Morgan fingerprint density at radius 2 is 1.80 bits per heavy atom. The highest BCUT2D eigenvalue weighted by atomic mass is 32.2. The molecule has 49 heavy (non-hydrogen) atoms. The van der Waals surface area contributed by atoms with Crippen molar-refractivity contribution in [3.63, 3.8) is 0 Å². The highest BCUT2D eigenvalue weighted by Crippen LogP contribution is 2.45. The van der Waals surface area contributed by atoms with Crippen LogP contribution in [0.4, 0.5) is 0 Å². The summed E-state index contributed by atoms with van der Waals surface area (Å²) in [6, 6.07) is 17.3. The fraction of sp³-hybridized carbons (Fsp3) is 0.378. The van der Waals surface area contributed by atoms with E-state index in [-0.39, 0.29) is 35.9 Å². The Morgan fingerprint density at radius 1 is 1.06 bits per heavy atom. The first kappa shape index (κ1) is 34.2. The molecule has 0 fully saturated rings. The SMILES string of the molecule is CC[C@@H]1CN(Cc2cc([C@@H](c3ccc4c(nnn4CC)c3C)C(C)(C)c3ncc(C(=O)NC)cn3)ccc2C)S(=O)(=O)c2ccccc2O1. The second-order valence-electron chi connectivity index (χ2n) is 13.2. The third kappa shape index (κ3) is 6.19. The third-order valence-corrected chi connectivity index (χ3v) is 11.6. The molecular weight excluding hydrogens is 639 g/mol. The maximum absolute atomic E-state index is 14.1. The van der Waals surface area contributed by atoms with Crippen LogP contribution in [0, 0.1) is 13.8 Å². The Balaban J connectivity index is 1.48. The van der Waals surface area contributed by atoms with E-state index in [4.69, 9.17) is 14.7 Å². The third-order valence-electron chi connectivity index (χ3n) is 9.71. The molecule has 1 N–H and O–H groups in total. The van der Waals surface area contributed by atoms with Gasteiger partial charge in [-0.15, -0.1) is 5.10 Å². The molecule has 11 nitrogen and oxygen atoms in total. The average molecular weight is 682 g/mol. The number of benzene rings is 3. The van der Waals surface area contributed by atoms with Crippen molar-refractivity contribution in [3.8, 4) is 5.75 Å². The van der Waals surface area contributed by atoms with Crippen LogP contribution in [-0.2, 0) is 28.5 Å². The van der Waals surface area contributed by atoms with Gasteiger partial charge in [0, 0.05) is 43.9 Å². The van der Waals surface area contributed by atoms with E-state index in [1.807, 2.05) is 25.5 Å². The number of para-hydroxylation sites is 1. The molecule has 5 aromatic rings. The van der Waals surface area contributed by atoms with Gasteiger partial charge in [-0.3, -0.25) is 4.79 Å². The number of fused-ring (bicyclic) bond motifs is 2. The van der Waals surface area contributed by atoms with Crippen LogP contribution in [-0.4, -0.2) is 63.3 Å². The largest absolute Gasteiger partial charge is 0.488 e. The fourth-order valence-electron chi connectivity index (χ4n) is 6.80. The van der Waals surface area contributed by atoms with Gasteiger partial charge in [0.1, 0.15) is 28.1 Å². The number of ether oxygens (including phenoxy) is 1. The van der Waals surface area contributed by atoms with Crippen molar-refractivity contribution in [3.05, 3.63) is 106 Å². The van der Waals surface area contributed by atoms with E-state index in [0.717, 1.165) is 38.9 Å². The van der Waals surface area contributed by atoms with E-state index in [1.165, 1.54) is 0 Å². The molecule has 3 aromatic carbocycles. The lowest BCUT2D eigenvalue weighted by Gasteiger charge is -2.35. The number of aryl methyl sites for hydroxylation is 3. The van der Waals surface area contributed by atoms with Crippen molar-refractivity contribution in [2.75, 3.05) is 13.6 Å². The molecule has 0 unspecified atom stereocenters. The van der Waals surface area contributed by atoms with Gasteiger partial charge in [-0.05, 0) is 73.2 Å². The van der Waals surface area contributed by atoms with Crippen molar-refractivity contribution >= 4 is 27.0 Å². The number of amides is 1. The molecule has 12 heteroatoms. The van der Waals surface area contributed by atoms with Crippen molar-refractivity contribution in [1.29, 1.82) is 0 Å². The molecule has 3 heterocycles. The molecule has 2 aromatic heterocycles. The predicted octanol–water partition coefficient (Wildman–Crippen LogP) is 5.69. The normalized spacial score (nSPS) is 16.8. The number of hydrogen-bond acceptors (Lipinski definition) is 8.